The topological polar surface area (TPSA) is 38.3 Å². The Balaban J connectivity index is 1.75. The molecule has 1 aliphatic rings. The highest BCUT2D eigenvalue weighted by atomic mass is 35.5. The predicted octanol–water partition coefficient (Wildman–Crippen LogP) is 3.94. The summed E-state index contributed by atoms with van der Waals surface area (Å²) >= 11 is 5.88. The van der Waals surface area contributed by atoms with Crippen LogP contribution >= 0.6 is 11.6 Å². The zero-order valence-corrected chi connectivity index (χ0v) is 11.9. The Bertz CT molecular complexity index is 703. The van der Waals surface area contributed by atoms with Crippen molar-refractivity contribution in [1.29, 1.82) is 0 Å². The minimum Gasteiger partial charge on any atom is -0.489 e. The van der Waals surface area contributed by atoms with Crippen molar-refractivity contribution in [3.63, 3.8) is 0 Å². The fraction of sp³-hybridized carbons (Fsp3) is 0.188. The van der Waals surface area contributed by atoms with Crippen LogP contribution in [0.2, 0.25) is 5.02 Å². The normalized spacial score (nSPS) is 13.5. The number of carbonyl (C=O) groups excluding carboxylic acids is 1. The molecule has 21 heavy (non-hydrogen) atoms. The second-order valence-electron chi connectivity index (χ2n) is 4.87. The smallest absolute Gasteiger partial charge is 0.224 e. The molecule has 3 rings (SSSR count). The summed E-state index contributed by atoms with van der Waals surface area (Å²) in [7, 11) is 0. The molecule has 0 bridgehead atoms. The molecule has 0 radical (unpaired) electrons. The number of benzene rings is 2. The number of nitrogens with one attached hydrogen (secondary N) is 1. The van der Waals surface area contributed by atoms with E-state index in [0.717, 1.165) is 17.7 Å². The average molecular weight is 306 g/mol. The van der Waals surface area contributed by atoms with E-state index < -0.39 is 5.82 Å². The van der Waals surface area contributed by atoms with E-state index in [-0.39, 0.29) is 17.5 Å². The largest absolute Gasteiger partial charge is 0.489 e. The lowest BCUT2D eigenvalue weighted by atomic mass is 10.0. The maximum absolute atomic E-state index is 13.3. The van der Waals surface area contributed by atoms with Crippen LogP contribution in [0.1, 0.15) is 17.5 Å². The molecule has 1 aliphatic heterocycles. The number of fused-ring (bicyclic) bond motifs is 1. The Morgan fingerprint density at radius 3 is 2.95 bits per heavy atom. The highest BCUT2D eigenvalue weighted by molar-refractivity contribution is 6.31. The first-order chi connectivity index (χ1) is 10.1. The van der Waals surface area contributed by atoms with Crippen LogP contribution in [0.25, 0.3) is 0 Å². The molecule has 0 saturated carbocycles. The second kappa shape index (κ2) is 5.74. The number of hydrogen-bond donors (Lipinski definition) is 1. The van der Waals surface area contributed by atoms with E-state index in [4.69, 9.17) is 16.3 Å². The van der Waals surface area contributed by atoms with Gasteiger partial charge in [0.25, 0.3) is 0 Å². The number of anilines is 1. The van der Waals surface area contributed by atoms with Crippen LogP contribution in [0.3, 0.4) is 0 Å². The molecule has 0 aromatic heterocycles. The van der Waals surface area contributed by atoms with Crippen LogP contribution in [-0.2, 0) is 17.8 Å². The van der Waals surface area contributed by atoms with Crippen molar-refractivity contribution in [3.05, 3.63) is 58.4 Å². The summed E-state index contributed by atoms with van der Waals surface area (Å²) in [6.07, 6.45) is 1.24. The molecule has 2 aromatic carbocycles. The van der Waals surface area contributed by atoms with Crippen molar-refractivity contribution in [3.8, 4) is 5.75 Å². The second-order valence-corrected chi connectivity index (χ2v) is 5.25. The molecule has 2 aromatic rings. The number of halogens is 2. The third-order valence-electron chi connectivity index (χ3n) is 3.40. The van der Waals surface area contributed by atoms with Gasteiger partial charge in [0.2, 0.25) is 5.91 Å². The van der Waals surface area contributed by atoms with Crippen molar-refractivity contribution < 1.29 is 13.9 Å². The zero-order chi connectivity index (χ0) is 14.8. The van der Waals surface area contributed by atoms with E-state index in [0.29, 0.717) is 17.7 Å². The van der Waals surface area contributed by atoms with Gasteiger partial charge in [-0.25, -0.2) is 4.39 Å². The summed E-state index contributed by atoms with van der Waals surface area (Å²) in [4.78, 5) is 11.4. The lowest BCUT2D eigenvalue weighted by Crippen LogP contribution is -2.18. The Morgan fingerprint density at radius 2 is 2.10 bits per heavy atom. The van der Waals surface area contributed by atoms with Crippen LogP contribution in [-0.4, -0.2) is 5.91 Å². The lowest BCUT2D eigenvalue weighted by Gasteiger charge is -2.18. The van der Waals surface area contributed by atoms with Gasteiger partial charge < -0.3 is 10.1 Å². The number of aryl methyl sites for hydroxylation is 1. The van der Waals surface area contributed by atoms with E-state index in [1.165, 1.54) is 6.07 Å². The van der Waals surface area contributed by atoms with Crippen molar-refractivity contribution >= 4 is 23.2 Å². The molecule has 0 aliphatic carbocycles. The number of amides is 1. The Kier molecular flexibility index (Phi) is 3.80. The van der Waals surface area contributed by atoms with Gasteiger partial charge in [0, 0.05) is 23.7 Å². The molecular formula is C16H13ClFNO2. The van der Waals surface area contributed by atoms with Crippen LogP contribution in [0, 0.1) is 5.82 Å². The van der Waals surface area contributed by atoms with Gasteiger partial charge in [-0.3, -0.25) is 4.79 Å². The summed E-state index contributed by atoms with van der Waals surface area (Å²) in [5.74, 6) is 0.152. The number of ether oxygens (including phenoxy) is 1. The van der Waals surface area contributed by atoms with Crippen molar-refractivity contribution in [2.75, 3.05) is 5.32 Å². The standard InChI is InChI=1S/C16H13ClFNO2/c17-16-11(2-1-3-13(16)18)9-21-12-6-4-10-5-7-15(20)19-14(10)8-12/h1-4,6,8H,5,7,9H2,(H,19,20). The van der Waals surface area contributed by atoms with Gasteiger partial charge in [-0.15, -0.1) is 0 Å². The quantitative estimate of drug-likeness (QED) is 0.932. The Hall–Kier alpha value is -2.07. The van der Waals surface area contributed by atoms with Gasteiger partial charge in [-0.2, -0.15) is 0 Å². The minimum absolute atomic E-state index is 0.00725. The maximum Gasteiger partial charge on any atom is 0.224 e. The average Bonchev–Trinajstić information content (AvgIpc) is 2.48. The van der Waals surface area contributed by atoms with Gasteiger partial charge in [0.1, 0.15) is 18.2 Å². The number of carbonyl (C=O) groups is 1. The summed E-state index contributed by atoms with van der Waals surface area (Å²) in [6, 6.07) is 10.2. The van der Waals surface area contributed by atoms with Crippen LogP contribution in [0.4, 0.5) is 10.1 Å². The van der Waals surface area contributed by atoms with Gasteiger partial charge in [0.05, 0.1) is 5.02 Å². The predicted molar refractivity (Wildman–Crippen MR) is 79.1 cm³/mol. The molecule has 1 N–H and O–H groups in total. The van der Waals surface area contributed by atoms with Crippen molar-refractivity contribution in [1.82, 2.24) is 0 Å². The summed E-state index contributed by atoms with van der Waals surface area (Å²) in [6.45, 7) is 0.170. The number of hydrogen-bond acceptors (Lipinski definition) is 2. The molecule has 0 spiro atoms. The zero-order valence-electron chi connectivity index (χ0n) is 11.2. The molecule has 1 amide bonds. The van der Waals surface area contributed by atoms with E-state index in [1.807, 2.05) is 12.1 Å². The van der Waals surface area contributed by atoms with E-state index in [9.17, 15) is 9.18 Å². The first-order valence-electron chi connectivity index (χ1n) is 6.62. The summed E-state index contributed by atoms with van der Waals surface area (Å²) < 4.78 is 19.0. The van der Waals surface area contributed by atoms with Gasteiger partial charge in [0.15, 0.2) is 0 Å². The molecule has 0 atom stereocenters. The number of rotatable bonds is 3. The molecule has 0 unspecified atom stereocenters. The molecule has 0 saturated heterocycles. The Labute approximate surface area is 126 Å². The van der Waals surface area contributed by atoms with Crippen LogP contribution < -0.4 is 10.1 Å². The van der Waals surface area contributed by atoms with E-state index in [2.05, 4.69) is 5.32 Å². The van der Waals surface area contributed by atoms with Crippen molar-refractivity contribution in [2.45, 2.75) is 19.4 Å². The Morgan fingerprint density at radius 1 is 1.24 bits per heavy atom. The fourth-order valence-corrected chi connectivity index (χ4v) is 2.44. The highest BCUT2D eigenvalue weighted by Crippen LogP contribution is 2.28. The first kappa shape index (κ1) is 13.9. The molecule has 3 nitrogen and oxygen atoms in total. The summed E-state index contributed by atoms with van der Waals surface area (Å²) in [5.41, 5.74) is 2.44. The fourth-order valence-electron chi connectivity index (χ4n) is 2.26. The highest BCUT2D eigenvalue weighted by Gasteiger charge is 2.15. The monoisotopic (exact) mass is 305 g/mol. The van der Waals surface area contributed by atoms with Gasteiger partial charge >= 0.3 is 0 Å². The molecule has 0 fully saturated rings. The third-order valence-corrected chi connectivity index (χ3v) is 3.83. The van der Waals surface area contributed by atoms with Crippen LogP contribution in [0.5, 0.6) is 5.75 Å². The minimum atomic E-state index is -0.463. The third kappa shape index (κ3) is 3.00. The summed E-state index contributed by atoms with van der Waals surface area (Å²) in [5, 5.41) is 2.89. The molecular weight excluding hydrogens is 293 g/mol. The first-order valence-corrected chi connectivity index (χ1v) is 7.00. The molecule has 5 heteroatoms. The van der Waals surface area contributed by atoms with Crippen LogP contribution in [0.15, 0.2) is 36.4 Å². The molecule has 108 valence electrons. The SMILES string of the molecule is O=C1CCc2ccc(OCc3cccc(F)c3Cl)cc2N1. The van der Waals surface area contributed by atoms with Gasteiger partial charge in [-0.05, 0) is 24.1 Å². The maximum atomic E-state index is 13.3. The van der Waals surface area contributed by atoms with E-state index >= 15 is 0 Å². The lowest BCUT2D eigenvalue weighted by molar-refractivity contribution is -0.116. The molecule has 1 heterocycles. The van der Waals surface area contributed by atoms with Gasteiger partial charge in [-0.1, -0.05) is 29.8 Å². The van der Waals surface area contributed by atoms with Crippen molar-refractivity contribution in [2.24, 2.45) is 0 Å². The van der Waals surface area contributed by atoms with E-state index in [1.54, 1.807) is 18.2 Å².